The summed E-state index contributed by atoms with van der Waals surface area (Å²) in [6.07, 6.45) is 3.26. The SMILES string of the molecule is O=C([O-])CN(CCN(CCN(CC(=O)O)CC(=O)O)CC(=O)O)CC(=O)NCCCCN1C(=O)C=CC1=O. The van der Waals surface area contributed by atoms with Crippen LogP contribution in [0.2, 0.25) is 0 Å². The van der Waals surface area contributed by atoms with Crippen LogP contribution in [0.15, 0.2) is 12.2 Å². The lowest BCUT2D eigenvalue weighted by Crippen LogP contribution is -2.48. The molecule has 0 fully saturated rings. The minimum absolute atomic E-state index is 0.00717. The monoisotopic (exact) mass is 542 g/mol. The van der Waals surface area contributed by atoms with Gasteiger partial charge in [0.05, 0.1) is 32.1 Å². The van der Waals surface area contributed by atoms with Crippen molar-refractivity contribution in [2.24, 2.45) is 0 Å². The standard InChI is InChI=1S/C22H33N5O11/c28-16(23-5-1-2-6-27-17(29)3-4-18(27)30)11-25(13-20(33)34)9-7-24(12-19(31)32)8-10-26(14-21(35)36)15-22(37)38/h3-4H,1-2,5-15H2,(H,23,28)(H,31,32)(H,33,34)(H,35,36)(H,37,38)/p-1. The van der Waals surface area contributed by atoms with Gasteiger partial charge in [0.2, 0.25) is 5.91 Å². The molecular formula is C22H32N5O11-. The number of carboxylic acid groups (broad SMARTS) is 4. The molecule has 0 saturated heterocycles. The minimum atomic E-state index is -1.45. The van der Waals surface area contributed by atoms with Gasteiger partial charge in [-0.15, -0.1) is 0 Å². The predicted molar refractivity (Wildman–Crippen MR) is 125 cm³/mol. The van der Waals surface area contributed by atoms with E-state index in [1.165, 1.54) is 22.0 Å². The number of nitrogens with zero attached hydrogens (tertiary/aromatic N) is 4. The molecule has 0 radical (unpaired) electrons. The van der Waals surface area contributed by atoms with Gasteiger partial charge in [0.15, 0.2) is 0 Å². The molecule has 1 heterocycles. The summed E-state index contributed by atoms with van der Waals surface area (Å²) in [5.74, 6) is -6.46. The second kappa shape index (κ2) is 16.8. The molecule has 0 spiro atoms. The topological polar surface area (TPSA) is 228 Å². The molecule has 0 aromatic heterocycles. The molecule has 1 rings (SSSR count). The van der Waals surface area contributed by atoms with E-state index in [9.17, 15) is 38.7 Å². The Bertz CT molecular complexity index is 889. The highest BCUT2D eigenvalue weighted by atomic mass is 16.4. The third-order valence-electron chi connectivity index (χ3n) is 5.29. The molecule has 0 unspecified atom stereocenters. The number of amides is 3. The second-order valence-corrected chi connectivity index (χ2v) is 8.47. The molecule has 0 aliphatic carbocycles. The van der Waals surface area contributed by atoms with E-state index in [4.69, 9.17) is 15.3 Å². The van der Waals surface area contributed by atoms with Crippen molar-refractivity contribution in [3.8, 4) is 0 Å². The third kappa shape index (κ3) is 14.0. The van der Waals surface area contributed by atoms with Gasteiger partial charge in [-0.25, -0.2) is 0 Å². The number of nitrogens with one attached hydrogen (secondary N) is 1. The van der Waals surface area contributed by atoms with Crippen LogP contribution in [0.5, 0.6) is 0 Å². The van der Waals surface area contributed by atoms with Gasteiger partial charge in [-0.3, -0.25) is 48.4 Å². The van der Waals surface area contributed by atoms with Crippen LogP contribution in [0.4, 0.5) is 0 Å². The Labute approximate surface area is 218 Å². The summed E-state index contributed by atoms with van der Waals surface area (Å²) in [5.41, 5.74) is 0. The van der Waals surface area contributed by atoms with Gasteiger partial charge >= 0.3 is 17.9 Å². The lowest BCUT2D eigenvalue weighted by Gasteiger charge is -2.28. The zero-order valence-corrected chi connectivity index (χ0v) is 20.7. The highest BCUT2D eigenvalue weighted by Crippen LogP contribution is 2.05. The molecule has 38 heavy (non-hydrogen) atoms. The summed E-state index contributed by atoms with van der Waals surface area (Å²) in [6.45, 7) is -2.26. The van der Waals surface area contributed by atoms with E-state index in [1.807, 2.05) is 0 Å². The summed E-state index contributed by atoms with van der Waals surface area (Å²) in [5, 5.41) is 40.8. The Balaban J connectivity index is 2.55. The zero-order valence-electron chi connectivity index (χ0n) is 20.7. The summed E-state index contributed by atoms with van der Waals surface area (Å²) in [6, 6.07) is 0. The Hall–Kier alpha value is -3.89. The zero-order chi connectivity index (χ0) is 28.7. The van der Waals surface area contributed by atoms with Gasteiger partial charge < -0.3 is 30.5 Å². The van der Waals surface area contributed by atoms with Crippen molar-refractivity contribution in [2.75, 3.05) is 72.0 Å². The van der Waals surface area contributed by atoms with Crippen molar-refractivity contribution < 1.29 is 54.0 Å². The van der Waals surface area contributed by atoms with Gasteiger partial charge in [0.1, 0.15) is 0 Å². The molecule has 1 aliphatic rings. The van der Waals surface area contributed by atoms with Crippen molar-refractivity contribution in [1.29, 1.82) is 0 Å². The molecule has 0 atom stereocenters. The van der Waals surface area contributed by atoms with Crippen molar-refractivity contribution in [3.63, 3.8) is 0 Å². The maximum atomic E-state index is 12.3. The van der Waals surface area contributed by atoms with Crippen LogP contribution in [-0.2, 0) is 33.6 Å². The minimum Gasteiger partial charge on any atom is -0.549 e. The molecule has 212 valence electrons. The van der Waals surface area contributed by atoms with Crippen LogP contribution in [0.25, 0.3) is 0 Å². The van der Waals surface area contributed by atoms with Crippen molar-refractivity contribution in [2.45, 2.75) is 12.8 Å². The maximum absolute atomic E-state index is 12.3. The Morgan fingerprint density at radius 2 is 1.16 bits per heavy atom. The highest BCUT2D eigenvalue weighted by Gasteiger charge is 2.22. The molecule has 16 heteroatoms. The fraction of sp³-hybridized carbons (Fsp3) is 0.591. The summed E-state index contributed by atoms with van der Waals surface area (Å²) >= 11 is 0. The lowest BCUT2D eigenvalue weighted by atomic mass is 10.3. The van der Waals surface area contributed by atoms with E-state index in [0.29, 0.717) is 12.8 Å². The molecule has 16 nitrogen and oxygen atoms in total. The number of carboxylic acids is 4. The van der Waals surface area contributed by atoms with Crippen LogP contribution < -0.4 is 10.4 Å². The molecule has 4 N–H and O–H groups in total. The molecule has 0 aromatic carbocycles. The van der Waals surface area contributed by atoms with Crippen LogP contribution in [0, 0.1) is 0 Å². The molecule has 0 aromatic rings. The van der Waals surface area contributed by atoms with Crippen molar-refractivity contribution in [3.05, 3.63) is 12.2 Å². The van der Waals surface area contributed by atoms with E-state index in [-0.39, 0.29) is 45.8 Å². The Morgan fingerprint density at radius 3 is 1.63 bits per heavy atom. The average molecular weight is 543 g/mol. The first-order valence-electron chi connectivity index (χ1n) is 11.7. The van der Waals surface area contributed by atoms with Gasteiger partial charge in [-0.2, -0.15) is 0 Å². The van der Waals surface area contributed by atoms with Crippen LogP contribution >= 0.6 is 0 Å². The second-order valence-electron chi connectivity index (χ2n) is 8.47. The molecular weight excluding hydrogens is 510 g/mol. The quantitative estimate of drug-likeness (QED) is 0.0795. The van der Waals surface area contributed by atoms with Crippen molar-refractivity contribution in [1.82, 2.24) is 24.9 Å². The van der Waals surface area contributed by atoms with E-state index < -0.39 is 67.8 Å². The van der Waals surface area contributed by atoms with E-state index in [0.717, 1.165) is 9.80 Å². The van der Waals surface area contributed by atoms with Crippen molar-refractivity contribution >= 4 is 41.6 Å². The molecule has 1 aliphatic heterocycles. The number of imide groups is 1. The third-order valence-corrected chi connectivity index (χ3v) is 5.29. The molecule has 3 amide bonds. The van der Waals surface area contributed by atoms with Gasteiger partial charge in [0, 0.05) is 58.0 Å². The first-order valence-corrected chi connectivity index (χ1v) is 11.7. The summed E-state index contributed by atoms with van der Waals surface area (Å²) in [4.78, 5) is 84.3. The number of aliphatic carboxylic acids is 4. The van der Waals surface area contributed by atoms with E-state index in [1.54, 1.807) is 0 Å². The Morgan fingerprint density at radius 1 is 0.711 bits per heavy atom. The number of hydrogen-bond donors (Lipinski definition) is 4. The van der Waals surface area contributed by atoms with E-state index in [2.05, 4.69) is 5.32 Å². The summed E-state index contributed by atoms with van der Waals surface area (Å²) < 4.78 is 0. The number of unbranched alkanes of at least 4 members (excludes halogenated alkanes) is 1. The number of carbonyl (C=O) groups excluding carboxylic acids is 4. The lowest BCUT2D eigenvalue weighted by molar-refractivity contribution is -0.306. The highest BCUT2D eigenvalue weighted by molar-refractivity contribution is 6.12. The number of rotatable bonds is 21. The average Bonchev–Trinajstić information content (AvgIpc) is 3.11. The summed E-state index contributed by atoms with van der Waals surface area (Å²) in [7, 11) is 0. The Kier molecular flexibility index (Phi) is 14.2. The smallest absolute Gasteiger partial charge is 0.317 e. The fourth-order valence-corrected chi connectivity index (χ4v) is 3.55. The maximum Gasteiger partial charge on any atom is 0.317 e. The molecule has 0 saturated carbocycles. The van der Waals surface area contributed by atoms with Gasteiger partial charge in [0.25, 0.3) is 11.8 Å². The van der Waals surface area contributed by atoms with E-state index >= 15 is 0 Å². The number of carbonyl (C=O) groups is 7. The molecule has 0 bridgehead atoms. The first-order chi connectivity index (χ1) is 17.9. The van der Waals surface area contributed by atoms with Gasteiger partial charge in [-0.05, 0) is 12.8 Å². The first kappa shape index (κ1) is 32.1. The largest absolute Gasteiger partial charge is 0.549 e. The van der Waals surface area contributed by atoms with Crippen LogP contribution in [-0.4, -0.2) is 149 Å². The predicted octanol–water partition coefficient (Wildman–Crippen LogP) is -4.28. The van der Waals surface area contributed by atoms with Crippen LogP contribution in [0.1, 0.15) is 12.8 Å². The van der Waals surface area contributed by atoms with Gasteiger partial charge in [-0.1, -0.05) is 0 Å². The fourth-order valence-electron chi connectivity index (χ4n) is 3.55. The number of hydrogen-bond acceptors (Lipinski definition) is 11. The normalized spacial score (nSPS) is 13.1. The van der Waals surface area contributed by atoms with Crippen LogP contribution in [0.3, 0.4) is 0 Å².